The first-order valence-corrected chi connectivity index (χ1v) is 0. The summed E-state index contributed by atoms with van der Waals surface area (Å²) < 4.78 is 0. The standard InChI is InChI=1S/Al.2FH.Na/h;2*1H;/q+3;;;+1/p-2. The van der Waals surface area contributed by atoms with E-state index in [1.165, 1.54) is 0 Å². The molecule has 0 bridgehead atoms. The Kier molecular flexibility index (Phi) is 350. The molecule has 0 unspecified atom stereocenters. The molecule has 0 nitrogen and oxygen atoms in total. The molecule has 0 aliphatic rings. The second-order valence-electron chi connectivity index (χ2n) is 0. The number of hydrogen-bond acceptors (Lipinski definition) is 0. The van der Waals surface area contributed by atoms with Crippen molar-refractivity contribution in [2.45, 2.75) is 0 Å². The van der Waals surface area contributed by atoms with Crippen LogP contribution in [0, 0.1) is 0 Å². The second-order valence-corrected chi connectivity index (χ2v) is 0. The van der Waals surface area contributed by atoms with Crippen LogP contribution in [0.5, 0.6) is 0 Å². The second kappa shape index (κ2) is 26.1. The van der Waals surface area contributed by atoms with Crippen LogP contribution in [0.2, 0.25) is 0 Å². The van der Waals surface area contributed by atoms with Gasteiger partial charge in [-0.15, -0.1) is 0 Å². The van der Waals surface area contributed by atoms with Crippen LogP contribution in [-0.2, 0) is 0 Å². The Balaban J connectivity index is 0. The van der Waals surface area contributed by atoms with Gasteiger partial charge in [-0.25, -0.2) is 0 Å². The van der Waals surface area contributed by atoms with Crippen molar-refractivity contribution < 1.29 is 39.0 Å². The molecule has 0 amide bonds. The van der Waals surface area contributed by atoms with Gasteiger partial charge in [0.05, 0.1) is 0 Å². The molecule has 0 spiro atoms. The van der Waals surface area contributed by atoms with Crippen molar-refractivity contribution in [1.29, 1.82) is 0 Å². The molecule has 0 radical (unpaired) electrons. The Morgan fingerprint density at radius 3 is 0.750 bits per heavy atom. The minimum absolute atomic E-state index is 0. The van der Waals surface area contributed by atoms with Gasteiger partial charge in [0.15, 0.2) is 0 Å². The maximum Gasteiger partial charge on any atom is 3.00 e. The van der Waals surface area contributed by atoms with E-state index in [1.807, 2.05) is 0 Å². The van der Waals surface area contributed by atoms with Crippen molar-refractivity contribution >= 4 is 17.4 Å². The van der Waals surface area contributed by atoms with Gasteiger partial charge in [0.2, 0.25) is 0 Å². The van der Waals surface area contributed by atoms with Crippen LogP contribution in [0.4, 0.5) is 0 Å². The molecule has 0 aromatic carbocycles. The summed E-state index contributed by atoms with van der Waals surface area (Å²) in [7, 11) is 0. The topological polar surface area (TPSA) is 0 Å². The third-order valence-electron chi connectivity index (χ3n) is 0. The summed E-state index contributed by atoms with van der Waals surface area (Å²) in [6, 6.07) is 0. The predicted molar refractivity (Wildman–Crippen MR) is 5.75 cm³/mol. The maximum atomic E-state index is 0. The molecule has 4 heteroatoms. The van der Waals surface area contributed by atoms with E-state index in [0.717, 1.165) is 0 Å². The van der Waals surface area contributed by atoms with Crippen molar-refractivity contribution in [2.75, 3.05) is 0 Å². The van der Waals surface area contributed by atoms with Gasteiger partial charge in [-0.3, -0.25) is 0 Å². The molecule has 0 atom stereocenters. The number of hydrogen-bond donors (Lipinski definition) is 0. The first-order valence-electron chi connectivity index (χ1n) is 0. The smallest absolute Gasteiger partial charge is 1.00 e. The van der Waals surface area contributed by atoms with Gasteiger partial charge in [-0.1, -0.05) is 0 Å². The van der Waals surface area contributed by atoms with Crippen LogP contribution in [0.15, 0.2) is 0 Å². The molecular weight excluding hydrogens is 88.0 g/mol. The van der Waals surface area contributed by atoms with Gasteiger partial charge >= 0.3 is 46.9 Å². The fraction of sp³-hybridized carbons (Fsp3) is 0. The molecule has 0 heterocycles. The zero-order valence-corrected chi connectivity index (χ0v) is 5.49. The molecule has 0 rings (SSSR count). The Bertz CT molecular complexity index is 6.00. The summed E-state index contributed by atoms with van der Waals surface area (Å²) in [6.45, 7) is 0. The van der Waals surface area contributed by atoms with E-state index in [9.17, 15) is 0 Å². The van der Waals surface area contributed by atoms with E-state index >= 15 is 0 Å². The molecule has 0 aliphatic heterocycles. The largest absolute Gasteiger partial charge is 3.00 e. The van der Waals surface area contributed by atoms with E-state index in [-0.39, 0.29) is 56.3 Å². The summed E-state index contributed by atoms with van der Waals surface area (Å²) in [5.41, 5.74) is 0. The van der Waals surface area contributed by atoms with Gasteiger partial charge in [-0.2, -0.15) is 0 Å². The minimum Gasteiger partial charge on any atom is -1.00 e. The van der Waals surface area contributed by atoms with Crippen LogP contribution in [0.3, 0.4) is 0 Å². The Hall–Kier alpha value is 1.39. The number of rotatable bonds is 0. The first kappa shape index (κ1) is 53.7. The summed E-state index contributed by atoms with van der Waals surface area (Å²) in [5, 5.41) is 0. The van der Waals surface area contributed by atoms with Gasteiger partial charge in [-0.05, 0) is 0 Å². The Labute approximate surface area is 56.1 Å². The third kappa shape index (κ3) is 10.0. The molecule has 0 aromatic rings. The summed E-state index contributed by atoms with van der Waals surface area (Å²) in [6.07, 6.45) is 0. The monoisotopic (exact) mass is 88.0 g/mol. The van der Waals surface area contributed by atoms with E-state index in [2.05, 4.69) is 0 Å². The number of halogens is 2. The SMILES string of the molecule is [Al+3].[F-].[F-].[Na+]. The van der Waals surface area contributed by atoms with Crippen LogP contribution in [0.1, 0.15) is 0 Å². The molecule has 0 N–H and O–H groups in total. The van der Waals surface area contributed by atoms with Crippen molar-refractivity contribution in [3.63, 3.8) is 0 Å². The van der Waals surface area contributed by atoms with Crippen LogP contribution >= 0.6 is 0 Å². The third-order valence-corrected chi connectivity index (χ3v) is 0. The molecule has 0 aliphatic carbocycles. The van der Waals surface area contributed by atoms with Crippen molar-refractivity contribution in [2.24, 2.45) is 0 Å². The van der Waals surface area contributed by atoms with Crippen molar-refractivity contribution in [1.82, 2.24) is 0 Å². The molecule has 0 fully saturated rings. The summed E-state index contributed by atoms with van der Waals surface area (Å²) in [5.74, 6) is 0. The zero-order chi connectivity index (χ0) is 0. The van der Waals surface area contributed by atoms with E-state index in [4.69, 9.17) is 0 Å². The van der Waals surface area contributed by atoms with Crippen molar-refractivity contribution in [3.05, 3.63) is 0 Å². The normalized spacial score (nSPS) is 0. The first-order chi connectivity index (χ1) is 0. The molecular formula is AlF2Na+2. The average Bonchev–Trinajstić information content (AvgIpc) is 0. The van der Waals surface area contributed by atoms with Crippen LogP contribution in [0.25, 0.3) is 0 Å². The molecule has 4 heavy (non-hydrogen) atoms. The molecule has 0 aromatic heterocycles. The minimum atomic E-state index is 0. The fourth-order valence-electron chi connectivity index (χ4n) is 0. The van der Waals surface area contributed by atoms with E-state index < -0.39 is 0 Å². The summed E-state index contributed by atoms with van der Waals surface area (Å²) in [4.78, 5) is 0. The predicted octanol–water partition coefficient (Wildman–Crippen LogP) is -9.37. The molecule has 16 valence electrons. The van der Waals surface area contributed by atoms with Crippen LogP contribution in [-0.4, -0.2) is 17.4 Å². The van der Waals surface area contributed by atoms with E-state index in [0.29, 0.717) is 0 Å². The van der Waals surface area contributed by atoms with Gasteiger partial charge < -0.3 is 9.41 Å². The van der Waals surface area contributed by atoms with Gasteiger partial charge in [0.1, 0.15) is 0 Å². The fourth-order valence-corrected chi connectivity index (χ4v) is 0. The van der Waals surface area contributed by atoms with Gasteiger partial charge in [0.25, 0.3) is 0 Å². The summed E-state index contributed by atoms with van der Waals surface area (Å²) >= 11 is 0. The Morgan fingerprint density at radius 2 is 0.750 bits per heavy atom. The van der Waals surface area contributed by atoms with Crippen molar-refractivity contribution in [3.8, 4) is 0 Å². The molecule has 0 saturated carbocycles. The zero-order valence-electron chi connectivity index (χ0n) is 2.33. The van der Waals surface area contributed by atoms with Gasteiger partial charge in [0, 0.05) is 0 Å². The maximum absolute atomic E-state index is 0. The molecule has 0 saturated heterocycles. The Morgan fingerprint density at radius 1 is 0.750 bits per heavy atom. The van der Waals surface area contributed by atoms with Crippen LogP contribution < -0.4 is 39.0 Å². The average molecular weight is 88.0 g/mol. The quantitative estimate of drug-likeness (QED) is 0.258. The van der Waals surface area contributed by atoms with E-state index in [1.54, 1.807) is 0 Å².